The number of amidine groups is 1. The van der Waals surface area contributed by atoms with Gasteiger partial charge >= 0.3 is 5.97 Å². The molecule has 8 heteroatoms. The summed E-state index contributed by atoms with van der Waals surface area (Å²) in [6.07, 6.45) is 0. The number of nitrogens with one attached hydrogen (secondary N) is 2. The third kappa shape index (κ3) is 3.18. The number of hydrogen-bond acceptors (Lipinski definition) is 5. The Morgan fingerprint density at radius 2 is 1.75 bits per heavy atom. The number of fused-ring (bicyclic) bond motifs is 1. The maximum absolute atomic E-state index is 13.5. The quantitative estimate of drug-likeness (QED) is 0.311. The van der Waals surface area contributed by atoms with Crippen molar-refractivity contribution < 1.29 is 19.5 Å². The predicted molar refractivity (Wildman–Crippen MR) is 118 cm³/mol. The molecule has 0 bridgehead atoms. The fourth-order valence-corrected chi connectivity index (χ4v) is 5.05. The first kappa shape index (κ1) is 21.7. The number of nitrogens with zero attached hydrogens (tertiary/aromatic N) is 1. The molecule has 0 aliphatic carbocycles. The van der Waals surface area contributed by atoms with Gasteiger partial charge in [-0.15, -0.1) is 0 Å². The monoisotopic (exact) mass is 434 g/mol. The molecule has 0 radical (unpaired) electrons. The average molecular weight is 434 g/mol. The summed E-state index contributed by atoms with van der Waals surface area (Å²) in [6, 6.07) is 15.3. The lowest BCUT2D eigenvalue weighted by Crippen LogP contribution is -2.59. The van der Waals surface area contributed by atoms with E-state index in [-0.39, 0.29) is 18.3 Å². The molecule has 2 fully saturated rings. The molecular formula is C24H26N4O4. The van der Waals surface area contributed by atoms with Crippen LogP contribution in [0.25, 0.3) is 0 Å². The number of carbonyl (C=O) groups is 3. The first-order valence-electron chi connectivity index (χ1n) is 10.5. The van der Waals surface area contributed by atoms with Crippen molar-refractivity contribution >= 4 is 23.6 Å². The van der Waals surface area contributed by atoms with E-state index in [0.717, 1.165) is 5.56 Å². The van der Waals surface area contributed by atoms with Gasteiger partial charge in [-0.3, -0.25) is 30.0 Å². The third-order valence-electron chi connectivity index (χ3n) is 6.72. The summed E-state index contributed by atoms with van der Waals surface area (Å²) in [6.45, 7) is 3.60. The number of benzene rings is 2. The van der Waals surface area contributed by atoms with Crippen molar-refractivity contribution in [2.45, 2.75) is 32.0 Å². The molecule has 4 unspecified atom stereocenters. The molecule has 2 amide bonds. The van der Waals surface area contributed by atoms with Gasteiger partial charge in [-0.25, -0.2) is 0 Å². The van der Waals surface area contributed by atoms with E-state index in [1.165, 1.54) is 4.90 Å². The van der Waals surface area contributed by atoms with Gasteiger partial charge < -0.3 is 10.8 Å². The zero-order chi connectivity index (χ0) is 23.2. The molecule has 5 N–H and O–H groups in total. The van der Waals surface area contributed by atoms with Crippen LogP contribution >= 0.6 is 0 Å². The maximum atomic E-state index is 13.5. The van der Waals surface area contributed by atoms with E-state index in [1.807, 2.05) is 30.3 Å². The fourth-order valence-electron chi connectivity index (χ4n) is 5.05. The predicted octanol–water partition coefficient (Wildman–Crippen LogP) is 1.90. The number of nitrogen functional groups attached to an aromatic ring is 1. The Hall–Kier alpha value is -3.52. The van der Waals surface area contributed by atoms with E-state index in [2.05, 4.69) is 5.32 Å². The van der Waals surface area contributed by atoms with Crippen molar-refractivity contribution in [3.63, 3.8) is 0 Å². The SMILES string of the molecule is CC(C)C1(C(=O)O)NC(c2ccc(C(=N)N)cc2)C2C(=O)N(Cc3ccccc3)C(=O)C21. The Kier molecular flexibility index (Phi) is 5.34. The standard InChI is InChI=1S/C24H26N4O4/c1-13(2)24(23(31)32)18-17(19(27-24)15-8-10-16(11-9-15)20(25)26)21(29)28(22(18)30)12-14-6-4-3-5-7-14/h3-11,13,17-19,27H,12H2,1-2H3,(H3,25,26)(H,31,32). The number of hydrogen-bond donors (Lipinski definition) is 4. The van der Waals surface area contributed by atoms with E-state index in [0.29, 0.717) is 11.1 Å². The lowest BCUT2D eigenvalue weighted by Gasteiger charge is -2.34. The zero-order valence-corrected chi connectivity index (χ0v) is 17.9. The Bertz CT molecular complexity index is 1080. The van der Waals surface area contributed by atoms with Crippen molar-refractivity contribution in [3.05, 3.63) is 71.3 Å². The minimum atomic E-state index is -1.58. The van der Waals surface area contributed by atoms with E-state index in [4.69, 9.17) is 11.1 Å². The van der Waals surface area contributed by atoms with Gasteiger partial charge in [0, 0.05) is 11.6 Å². The third-order valence-corrected chi connectivity index (χ3v) is 6.72. The van der Waals surface area contributed by atoms with Crippen LogP contribution in [0.3, 0.4) is 0 Å². The van der Waals surface area contributed by atoms with Crippen molar-refractivity contribution in [1.29, 1.82) is 5.41 Å². The summed E-state index contributed by atoms with van der Waals surface area (Å²) in [7, 11) is 0. The summed E-state index contributed by atoms with van der Waals surface area (Å²) in [4.78, 5) is 40.8. The fraction of sp³-hybridized carbons (Fsp3) is 0.333. The van der Waals surface area contributed by atoms with Crippen LogP contribution in [-0.2, 0) is 20.9 Å². The van der Waals surface area contributed by atoms with Gasteiger partial charge in [0.2, 0.25) is 11.8 Å². The molecule has 2 aliphatic rings. The van der Waals surface area contributed by atoms with Gasteiger partial charge in [-0.1, -0.05) is 68.4 Å². The molecule has 2 aromatic rings. The second-order valence-corrected chi connectivity index (χ2v) is 8.74. The smallest absolute Gasteiger partial charge is 0.325 e. The summed E-state index contributed by atoms with van der Waals surface area (Å²) in [5.74, 6) is -4.37. The normalized spacial score (nSPS) is 27.1. The molecule has 4 rings (SSSR count). The number of aliphatic carboxylic acids is 1. The first-order chi connectivity index (χ1) is 15.2. The zero-order valence-electron chi connectivity index (χ0n) is 17.9. The molecule has 2 saturated heterocycles. The number of likely N-dealkylation sites (tertiary alicyclic amines) is 1. The number of rotatable bonds is 6. The van der Waals surface area contributed by atoms with Gasteiger partial charge in [0.15, 0.2) is 0 Å². The highest BCUT2D eigenvalue weighted by Crippen LogP contribution is 2.51. The van der Waals surface area contributed by atoms with Crippen LogP contribution in [0.15, 0.2) is 54.6 Å². The lowest BCUT2D eigenvalue weighted by molar-refractivity contribution is -0.153. The molecule has 2 heterocycles. The highest BCUT2D eigenvalue weighted by Gasteiger charge is 2.69. The van der Waals surface area contributed by atoms with Crippen LogP contribution < -0.4 is 11.1 Å². The summed E-state index contributed by atoms with van der Waals surface area (Å²) in [5, 5.41) is 21.0. The van der Waals surface area contributed by atoms with Crippen LogP contribution in [0.5, 0.6) is 0 Å². The highest BCUT2D eigenvalue weighted by molar-refractivity contribution is 6.09. The molecule has 2 aromatic carbocycles. The molecule has 2 aliphatic heterocycles. The minimum Gasteiger partial charge on any atom is -0.480 e. The summed E-state index contributed by atoms with van der Waals surface area (Å²) >= 11 is 0. The van der Waals surface area contributed by atoms with E-state index in [1.54, 1.807) is 38.1 Å². The Morgan fingerprint density at radius 3 is 2.28 bits per heavy atom. The number of carboxylic acids is 1. The van der Waals surface area contributed by atoms with Crippen molar-refractivity contribution in [2.24, 2.45) is 23.5 Å². The molecular weight excluding hydrogens is 408 g/mol. The molecule has 32 heavy (non-hydrogen) atoms. The maximum Gasteiger partial charge on any atom is 0.325 e. The largest absolute Gasteiger partial charge is 0.480 e. The minimum absolute atomic E-state index is 0.0861. The average Bonchev–Trinajstić information content (AvgIpc) is 3.25. The Labute approximate surface area is 185 Å². The Morgan fingerprint density at radius 1 is 1.12 bits per heavy atom. The number of amides is 2. The van der Waals surface area contributed by atoms with Crippen LogP contribution in [0.4, 0.5) is 0 Å². The first-order valence-corrected chi connectivity index (χ1v) is 10.5. The number of carbonyl (C=O) groups excluding carboxylic acids is 2. The van der Waals surface area contributed by atoms with Crippen molar-refractivity contribution in [3.8, 4) is 0 Å². The molecule has 0 spiro atoms. The number of imide groups is 1. The van der Waals surface area contributed by atoms with Crippen LogP contribution in [0, 0.1) is 23.2 Å². The van der Waals surface area contributed by atoms with Crippen molar-refractivity contribution in [1.82, 2.24) is 10.2 Å². The Balaban J connectivity index is 1.78. The molecule has 0 saturated carbocycles. The summed E-state index contributed by atoms with van der Waals surface area (Å²) < 4.78 is 0. The van der Waals surface area contributed by atoms with E-state index in [9.17, 15) is 19.5 Å². The second kappa shape index (κ2) is 7.87. The van der Waals surface area contributed by atoms with Crippen LogP contribution in [0.1, 0.15) is 36.6 Å². The second-order valence-electron chi connectivity index (χ2n) is 8.74. The number of carboxylic acid groups (broad SMARTS) is 1. The van der Waals surface area contributed by atoms with E-state index < -0.39 is 41.2 Å². The molecule has 4 atom stereocenters. The van der Waals surface area contributed by atoms with Gasteiger partial charge in [0.25, 0.3) is 0 Å². The van der Waals surface area contributed by atoms with Crippen LogP contribution in [-0.4, -0.2) is 39.2 Å². The van der Waals surface area contributed by atoms with E-state index >= 15 is 0 Å². The van der Waals surface area contributed by atoms with Gasteiger partial charge in [-0.05, 0) is 17.0 Å². The van der Waals surface area contributed by atoms with Gasteiger partial charge in [0.05, 0.1) is 18.4 Å². The van der Waals surface area contributed by atoms with Gasteiger partial charge in [-0.2, -0.15) is 0 Å². The molecule has 8 nitrogen and oxygen atoms in total. The highest BCUT2D eigenvalue weighted by atomic mass is 16.4. The molecule has 166 valence electrons. The summed E-state index contributed by atoms with van der Waals surface area (Å²) in [5.41, 5.74) is 5.97. The lowest BCUT2D eigenvalue weighted by atomic mass is 9.73. The van der Waals surface area contributed by atoms with Gasteiger partial charge in [0.1, 0.15) is 11.4 Å². The van der Waals surface area contributed by atoms with Crippen LogP contribution in [0.2, 0.25) is 0 Å². The number of nitrogens with two attached hydrogens (primary N) is 1. The van der Waals surface area contributed by atoms with Crippen molar-refractivity contribution in [2.75, 3.05) is 0 Å². The molecule has 0 aromatic heterocycles. The topological polar surface area (TPSA) is 137 Å².